The van der Waals surface area contributed by atoms with E-state index in [1.54, 1.807) is 0 Å². The van der Waals surface area contributed by atoms with E-state index in [0.717, 1.165) is 0 Å². The van der Waals surface area contributed by atoms with Gasteiger partial charge >= 0.3 is 0 Å². The van der Waals surface area contributed by atoms with Crippen molar-refractivity contribution in [3.63, 3.8) is 0 Å². The summed E-state index contributed by atoms with van der Waals surface area (Å²) in [6, 6.07) is 0. The highest BCUT2D eigenvalue weighted by Crippen LogP contribution is 2.45. The predicted molar refractivity (Wildman–Crippen MR) is 92.3 cm³/mol. The van der Waals surface area contributed by atoms with Crippen LogP contribution in [0.15, 0.2) is 0 Å². The number of fused-ring (bicyclic) bond motifs is 3. The molecule has 2 bridgehead atoms. The van der Waals surface area contributed by atoms with Crippen LogP contribution in [0.4, 0.5) is 0 Å². The van der Waals surface area contributed by atoms with Crippen LogP contribution < -0.4 is 5.73 Å². The second kappa shape index (κ2) is 9.15. The molecule has 0 aromatic heterocycles. The summed E-state index contributed by atoms with van der Waals surface area (Å²) in [5, 5.41) is 0. The summed E-state index contributed by atoms with van der Waals surface area (Å²) in [5.41, 5.74) is 6.88. The maximum absolute atomic E-state index is 6.25. The number of nitrogens with zero attached hydrogens (tertiary/aromatic N) is 1. The van der Waals surface area contributed by atoms with E-state index in [2.05, 4.69) is 11.8 Å². The van der Waals surface area contributed by atoms with Crippen molar-refractivity contribution in [3.8, 4) is 0 Å². The minimum atomic E-state index is 0.371. The Morgan fingerprint density at radius 1 is 0.857 bits per heavy atom. The van der Waals surface area contributed by atoms with Gasteiger partial charge in [-0.25, -0.2) is 0 Å². The second-order valence-corrected chi connectivity index (χ2v) is 7.74. The molecule has 0 aromatic carbocycles. The van der Waals surface area contributed by atoms with Gasteiger partial charge in [0.05, 0.1) is 6.17 Å². The maximum Gasteiger partial charge on any atom is 0.0577 e. The Bertz CT molecular complexity index is 269. The Balaban J connectivity index is 1.45. The van der Waals surface area contributed by atoms with Gasteiger partial charge in [0.15, 0.2) is 0 Å². The Labute approximate surface area is 132 Å². The Morgan fingerprint density at radius 2 is 1.38 bits per heavy atom. The summed E-state index contributed by atoms with van der Waals surface area (Å²) >= 11 is 0. The lowest BCUT2D eigenvalue weighted by molar-refractivity contribution is -0.0245. The quantitative estimate of drug-likeness (QED) is 0.539. The molecule has 3 aliphatic heterocycles. The lowest BCUT2D eigenvalue weighted by Crippen LogP contribution is -2.57. The number of rotatable bonds is 11. The van der Waals surface area contributed by atoms with Crippen LogP contribution in [0.5, 0.6) is 0 Å². The Hall–Kier alpha value is -0.0800. The molecule has 2 nitrogen and oxygen atoms in total. The highest BCUT2D eigenvalue weighted by atomic mass is 15.2. The minimum absolute atomic E-state index is 0.371. The molecule has 124 valence electrons. The zero-order chi connectivity index (χ0) is 15.0. The van der Waals surface area contributed by atoms with Gasteiger partial charge in [-0.1, -0.05) is 71.1 Å². The number of hydrogen-bond donors (Lipinski definition) is 1. The molecule has 3 saturated heterocycles. The molecule has 0 amide bonds. The van der Waals surface area contributed by atoms with Gasteiger partial charge in [0, 0.05) is 13.1 Å². The third-order valence-corrected chi connectivity index (χ3v) is 6.03. The molecular weight excluding hydrogens is 256 g/mol. The van der Waals surface area contributed by atoms with Gasteiger partial charge in [-0.3, -0.25) is 4.90 Å². The van der Waals surface area contributed by atoms with E-state index in [-0.39, 0.29) is 0 Å². The normalized spacial score (nSPS) is 31.7. The minimum Gasteiger partial charge on any atom is -0.316 e. The van der Waals surface area contributed by atoms with E-state index in [9.17, 15) is 0 Å². The molecule has 2 N–H and O–H groups in total. The lowest BCUT2D eigenvalue weighted by atomic mass is 9.68. The predicted octanol–water partition coefficient (Wildman–Crippen LogP) is 5.07. The van der Waals surface area contributed by atoms with Crippen molar-refractivity contribution in [1.82, 2.24) is 4.90 Å². The number of hydrogen-bond acceptors (Lipinski definition) is 2. The van der Waals surface area contributed by atoms with Crippen molar-refractivity contribution in [3.05, 3.63) is 0 Å². The van der Waals surface area contributed by atoms with E-state index < -0.39 is 0 Å². The molecule has 21 heavy (non-hydrogen) atoms. The smallest absolute Gasteiger partial charge is 0.0577 e. The average molecular weight is 295 g/mol. The first-order chi connectivity index (χ1) is 10.3. The highest BCUT2D eigenvalue weighted by Gasteiger charge is 2.42. The van der Waals surface area contributed by atoms with E-state index in [0.29, 0.717) is 11.6 Å². The third-order valence-electron chi connectivity index (χ3n) is 6.03. The Kier molecular flexibility index (Phi) is 7.53. The molecular formula is C19H38N2. The van der Waals surface area contributed by atoms with Crippen LogP contribution in [0.2, 0.25) is 0 Å². The summed E-state index contributed by atoms with van der Waals surface area (Å²) in [6.07, 6.45) is 20.4. The largest absolute Gasteiger partial charge is 0.316 e. The van der Waals surface area contributed by atoms with Crippen LogP contribution in [0.3, 0.4) is 0 Å². The molecule has 1 unspecified atom stereocenters. The fourth-order valence-electron chi connectivity index (χ4n) is 4.45. The zero-order valence-electron chi connectivity index (χ0n) is 14.4. The van der Waals surface area contributed by atoms with Crippen molar-refractivity contribution >= 4 is 0 Å². The zero-order valence-corrected chi connectivity index (χ0v) is 14.4. The van der Waals surface area contributed by atoms with Crippen LogP contribution in [-0.2, 0) is 0 Å². The summed E-state index contributed by atoms with van der Waals surface area (Å²) in [7, 11) is 0. The molecule has 3 aliphatic rings. The molecule has 3 fully saturated rings. The monoisotopic (exact) mass is 294 g/mol. The standard InChI is InChI=1S/C19H38N2/c1-2-3-4-5-6-7-8-9-10-11-12-19-13-15-21(16-14-19)18(20)17-19/h18H,2-17,20H2,1H3. The van der Waals surface area contributed by atoms with Gasteiger partial charge in [0.1, 0.15) is 0 Å². The first-order valence-corrected chi connectivity index (χ1v) is 9.75. The lowest BCUT2D eigenvalue weighted by Gasteiger charge is -2.52. The fourth-order valence-corrected chi connectivity index (χ4v) is 4.45. The van der Waals surface area contributed by atoms with Crippen LogP contribution in [0.1, 0.15) is 96.8 Å². The first kappa shape index (κ1) is 17.3. The van der Waals surface area contributed by atoms with Crippen LogP contribution >= 0.6 is 0 Å². The SMILES string of the molecule is CCCCCCCCCCCCC12CCN(CC1)C(N)C2. The van der Waals surface area contributed by atoms with E-state index >= 15 is 0 Å². The van der Waals surface area contributed by atoms with Gasteiger partial charge < -0.3 is 5.73 Å². The molecule has 0 radical (unpaired) electrons. The maximum atomic E-state index is 6.25. The van der Waals surface area contributed by atoms with E-state index in [4.69, 9.17) is 5.73 Å². The highest BCUT2D eigenvalue weighted by molar-refractivity contribution is 4.95. The van der Waals surface area contributed by atoms with Crippen molar-refractivity contribution in [1.29, 1.82) is 0 Å². The summed E-state index contributed by atoms with van der Waals surface area (Å²) in [5.74, 6) is 0. The topological polar surface area (TPSA) is 29.3 Å². The molecule has 0 saturated carbocycles. The fraction of sp³-hybridized carbons (Fsp3) is 1.00. The van der Waals surface area contributed by atoms with E-state index in [1.165, 1.54) is 103 Å². The van der Waals surface area contributed by atoms with Crippen molar-refractivity contribution in [2.45, 2.75) is 103 Å². The van der Waals surface area contributed by atoms with Gasteiger partial charge in [0.25, 0.3) is 0 Å². The molecule has 3 rings (SSSR count). The third kappa shape index (κ3) is 5.56. The van der Waals surface area contributed by atoms with Gasteiger partial charge in [-0.05, 0) is 31.1 Å². The van der Waals surface area contributed by atoms with Crippen molar-refractivity contribution in [2.75, 3.05) is 13.1 Å². The molecule has 0 aliphatic carbocycles. The van der Waals surface area contributed by atoms with Crippen LogP contribution in [0.25, 0.3) is 0 Å². The Morgan fingerprint density at radius 3 is 1.90 bits per heavy atom. The number of nitrogens with two attached hydrogens (primary N) is 1. The molecule has 0 aromatic rings. The van der Waals surface area contributed by atoms with Gasteiger partial charge in [0.2, 0.25) is 0 Å². The van der Waals surface area contributed by atoms with Crippen LogP contribution in [0, 0.1) is 5.41 Å². The van der Waals surface area contributed by atoms with Crippen LogP contribution in [-0.4, -0.2) is 24.2 Å². The number of piperidine rings is 3. The average Bonchev–Trinajstić information content (AvgIpc) is 2.50. The molecule has 0 spiro atoms. The molecule has 3 heterocycles. The first-order valence-electron chi connectivity index (χ1n) is 9.75. The number of unbranched alkanes of at least 4 members (excludes halogenated alkanes) is 9. The van der Waals surface area contributed by atoms with Crippen molar-refractivity contribution in [2.24, 2.45) is 11.1 Å². The summed E-state index contributed by atoms with van der Waals surface area (Å²) in [4.78, 5) is 2.49. The second-order valence-electron chi connectivity index (χ2n) is 7.74. The summed E-state index contributed by atoms with van der Waals surface area (Å²) in [6.45, 7) is 4.82. The van der Waals surface area contributed by atoms with Crippen molar-refractivity contribution < 1.29 is 0 Å². The van der Waals surface area contributed by atoms with Gasteiger partial charge in [-0.2, -0.15) is 0 Å². The van der Waals surface area contributed by atoms with E-state index in [1.807, 2.05) is 0 Å². The molecule has 1 atom stereocenters. The van der Waals surface area contributed by atoms with Gasteiger partial charge in [-0.15, -0.1) is 0 Å². The summed E-state index contributed by atoms with van der Waals surface area (Å²) < 4.78 is 0. The molecule has 2 heteroatoms.